The number of ether oxygens (including phenoxy) is 2. The molecule has 2 N–H and O–H groups in total. The maximum Gasteiger partial charge on any atom is 0.307 e. The molecule has 0 aliphatic heterocycles. The van der Waals surface area contributed by atoms with E-state index in [1.807, 2.05) is 24.3 Å². The highest BCUT2D eigenvalue weighted by molar-refractivity contribution is 7.14. The van der Waals surface area contributed by atoms with Crippen molar-refractivity contribution < 1.29 is 23.9 Å². The molecule has 2 aromatic heterocycles. The predicted molar refractivity (Wildman–Crippen MR) is 131 cm³/mol. The maximum absolute atomic E-state index is 12.4. The fourth-order valence-electron chi connectivity index (χ4n) is 3.41. The van der Waals surface area contributed by atoms with Gasteiger partial charge in [-0.2, -0.15) is 5.10 Å². The minimum Gasteiger partial charge on any atom is -0.495 e. The number of H-pyrrole nitrogens is 1. The molecule has 180 valence electrons. The number of rotatable bonds is 9. The average Bonchev–Trinajstić information content (AvgIpc) is 3.50. The SMILES string of the molecule is COc1ccccc1N(C(C)=O)c1nc(COC(=O)CCNC(=O)c2n[nH]c3ccccc23)cs1. The summed E-state index contributed by atoms with van der Waals surface area (Å²) in [6.45, 7) is 1.49. The monoisotopic (exact) mass is 493 g/mol. The molecule has 0 spiro atoms. The van der Waals surface area contributed by atoms with Crippen LogP contribution in [0.4, 0.5) is 10.8 Å². The minimum absolute atomic E-state index is 0.00806. The molecule has 0 aliphatic rings. The molecule has 0 radical (unpaired) electrons. The number of carbonyl (C=O) groups excluding carboxylic acids is 3. The highest BCUT2D eigenvalue weighted by Crippen LogP contribution is 2.35. The Hall–Kier alpha value is -4.25. The molecular weight excluding hydrogens is 470 g/mol. The fourth-order valence-corrected chi connectivity index (χ4v) is 4.28. The van der Waals surface area contributed by atoms with Crippen LogP contribution >= 0.6 is 11.3 Å². The Bertz CT molecular complexity index is 1370. The van der Waals surface area contributed by atoms with E-state index in [2.05, 4.69) is 20.5 Å². The van der Waals surface area contributed by atoms with E-state index in [1.165, 1.54) is 30.3 Å². The van der Waals surface area contributed by atoms with E-state index in [4.69, 9.17) is 9.47 Å². The quantitative estimate of drug-likeness (QED) is 0.341. The molecule has 35 heavy (non-hydrogen) atoms. The van der Waals surface area contributed by atoms with Gasteiger partial charge in [-0.3, -0.25) is 24.4 Å². The number of aromatic amines is 1. The molecule has 0 atom stereocenters. The number of esters is 1. The third-order valence-corrected chi connectivity index (χ3v) is 5.93. The van der Waals surface area contributed by atoms with Crippen molar-refractivity contribution in [3.05, 3.63) is 65.3 Å². The number of hydrogen-bond acceptors (Lipinski definition) is 8. The summed E-state index contributed by atoms with van der Waals surface area (Å²) in [6.07, 6.45) is -0.00806. The second-order valence-corrected chi connectivity index (χ2v) is 8.27. The maximum atomic E-state index is 12.4. The van der Waals surface area contributed by atoms with Crippen LogP contribution in [0.2, 0.25) is 0 Å². The van der Waals surface area contributed by atoms with E-state index < -0.39 is 5.97 Å². The second kappa shape index (κ2) is 10.8. The number of methoxy groups -OCH3 is 1. The first-order valence-electron chi connectivity index (χ1n) is 10.7. The molecule has 11 heteroatoms. The number of nitrogens with zero attached hydrogens (tertiary/aromatic N) is 3. The van der Waals surface area contributed by atoms with Crippen LogP contribution in [0, 0.1) is 0 Å². The Morgan fingerprint density at radius 2 is 1.89 bits per heavy atom. The first-order chi connectivity index (χ1) is 17.0. The van der Waals surface area contributed by atoms with Crippen LogP contribution < -0.4 is 15.0 Å². The molecule has 2 amide bonds. The number of fused-ring (bicyclic) bond motifs is 1. The lowest BCUT2D eigenvalue weighted by atomic mass is 10.2. The van der Waals surface area contributed by atoms with Crippen LogP contribution in [0.1, 0.15) is 29.5 Å². The van der Waals surface area contributed by atoms with Gasteiger partial charge in [0.1, 0.15) is 12.4 Å². The van der Waals surface area contributed by atoms with Crippen molar-refractivity contribution in [3.8, 4) is 5.75 Å². The number of amides is 2. The summed E-state index contributed by atoms with van der Waals surface area (Å²) >= 11 is 1.25. The van der Waals surface area contributed by atoms with Crippen LogP contribution in [0.15, 0.2) is 53.9 Å². The van der Waals surface area contributed by atoms with Gasteiger partial charge in [0, 0.05) is 24.2 Å². The van der Waals surface area contributed by atoms with Gasteiger partial charge in [-0.05, 0) is 18.2 Å². The van der Waals surface area contributed by atoms with Gasteiger partial charge in [0.25, 0.3) is 5.91 Å². The summed E-state index contributed by atoms with van der Waals surface area (Å²) in [6, 6.07) is 14.4. The summed E-state index contributed by atoms with van der Waals surface area (Å²) < 4.78 is 10.6. The highest BCUT2D eigenvalue weighted by Gasteiger charge is 2.21. The van der Waals surface area contributed by atoms with E-state index in [9.17, 15) is 14.4 Å². The Morgan fingerprint density at radius 3 is 2.69 bits per heavy atom. The summed E-state index contributed by atoms with van der Waals surface area (Å²) in [4.78, 5) is 42.7. The summed E-state index contributed by atoms with van der Waals surface area (Å²) in [5.41, 5.74) is 2.11. The van der Waals surface area contributed by atoms with Crippen LogP contribution in [-0.4, -0.2) is 46.6 Å². The zero-order chi connectivity index (χ0) is 24.8. The average molecular weight is 494 g/mol. The summed E-state index contributed by atoms with van der Waals surface area (Å²) in [7, 11) is 1.53. The first-order valence-corrected chi connectivity index (χ1v) is 11.6. The molecule has 0 fully saturated rings. The van der Waals surface area contributed by atoms with Gasteiger partial charge in [-0.25, -0.2) is 4.98 Å². The Labute approximate surface area is 204 Å². The Kier molecular flexibility index (Phi) is 7.36. The lowest BCUT2D eigenvalue weighted by molar-refractivity contribution is -0.144. The third kappa shape index (κ3) is 5.46. The van der Waals surface area contributed by atoms with Crippen molar-refractivity contribution in [2.45, 2.75) is 20.0 Å². The van der Waals surface area contributed by atoms with Crippen LogP contribution in [0.25, 0.3) is 10.9 Å². The molecule has 2 aromatic carbocycles. The lowest BCUT2D eigenvalue weighted by Gasteiger charge is -2.20. The normalized spacial score (nSPS) is 10.7. The molecule has 4 rings (SSSR count). The molecular formula is C24H23N5O5S. The second-order valence-electron chi connectivity index (χ2n) is 7.43. The van der Waals surface area contributed by atoms with Crippen LogP contribution in [-0.2, 0) is 20.9 Å². The van der Waals surface area contributed by atoms with Crippen molar-refractivity contribution in [1.29, 1.82) is 0 Å². The Morgan fingerprint density at radius 1 is 1.11 bits per heavy atom. The molecule has 4 aromatic rings. The van der Waals surface area contributed by atoms with Crippen molar-refractivity contribution >= 4 is 50.8 Å². The molecule has 10 nitrogen and oxygen atoms in total. The lowest BCUT2D eigenvalue weighted by Crippen LogP contribution is -2.27. The van der Waals surface area contributed by atoms with Gasteiger partial charge >= 0.3 is 5.97 Å². The topological polar surface area (TPSA) is 127 Å². The summed E-state index contributed by atoms with van der Waals surface area (Å²) in [5.74, 6) is -0.552. The molecule has 0 unspecified atom stereocenters. The number of hydrogen-bond donors (Lipinski definition) is 2. The van der Waals surface area contributed by atoms with E-state index in [-0.39, 0.29) is 37.1 Å². The van der Waals surface area contributed by atoms with Crippen molar-refractivity contribution in [3.63, 3.8) is 0 Å². The van der Waals surface area contributed by atoms with Gasteiger partial charge in [0.15, 0.2) is 10.8 Å². The van der Waals surface area contributed by atoms with E-state index in [0.29, 0.717) is 27.6 Å². The number of para-hydroxylation sites is 3. The van der Waals surface area contributed by atoms with Gasteiger partial charge in [0.05, 0.1) is 30.4 Å². The fraction of sp³-hybridized carbons (Fsp3) is 0.208. The van der Waals surface area contributed by atoms with Gasteiger partial charge in [-0.1, -0.05) is 30.3 Å². The zero-order valence-corrected chi connectivity index (χ0v) is 19.9. The number of carbonyl (C=O) groups is 3. The molecule has 0 aliphatic carbocycles. The molecule has 0 saturated carbocycles. The van der Waals surface area contributed by atoms with Gasteiger partial charge in [-0.15, -0.1) is 11.3 Å². The molecule has 2 heterocycles. The smallest absolute Gasteiger partial charge is 0.307 e. The zero-order valence-electron chi connectivity index (χ0n) is 19.1. The van der Waals surface area contributed by atoms with Gasteiger partial charge in [0.2, 0.25) is 5.91 Å². The number of aromatic nitrogens is 3. The summed E-state index contributed by atoms with van der Waals surface area (Å²) in [5, 5.41) is 12.4. The van der Waals surface area contributed by atoms with Crippen molar-refractivity contribution in [2.75, 3.05) is 18.6 Å². The van der Waals surface area contributed by atoms with Crippen LogP contribution in [0.5, 0.6) is 5.75 Å². The van der Waals surface area contributed by atoms with Crippen molar-refractivity contribution in [2.24, 2.45) is 0 Å². The van der Waals surface area contributed by atoms with E-state index in [1.54, 1.807) is 29.6 Å². The van der Waals surface area contributed by atoms with Gasteiger partial charge < -0.3 is 14.8 Å². The molecule has 0 saturated heterocycles. The van der Waals surface area contributed by atoms with Crippen LogP contribution in [0.3, 0.4) is 0 Å². The largest absolute Gasteiger partial charge is 0.495 e. The number of benzene rings is 2. The first kappa shape index (κ1) is 23.9. The Balaban J connectivity index is 1.30. The third-order valence-electron chi connectivity index (χ3n) is 5.05. The van der Waals surface area contributed by atoms with Crippen molar-refractivity contribution in [1.82, 2.24) is 20.5 Å². The van der Waals surface area contributed by atoms with E-state index in [0.717, 1.165) is 5.52 Å². The highest BCUT2D eigenvalue weighted by atomic mass is 32.1. The van der Waals surface area contributed by atoms with E-state index >= 15 is 0 Å². The standard InChI is InChI=1S/C24H23N5O5S/c1-15(30)29(19-9-5-6-10-20(19)33-2)24-26-16(14-35-24)13-34-21(31)11-12-25-23(32)22-17-7-3-4-8-18(17)27-28-22/h3-10,14H,11-13H2,1-2H3,(H,25,32)(H,27,28). The number of thiazole rings is 1. The number of nitrogens with one attached hydrogen (secondary N) is 2. The predicted octanol–water partition coefficient (Wildman–Crippen LogP) is 3.58. The number of anilines is 2. The molecule has 0 bridgehead atoms. The minimum atomic E-state index is -0.486.